The number of benzene rings is 1. The van der Waals surface area contributed by atoms with E-state index in [1.165, 1.54) is 32.0 Å². The van der Waals surface area contributed by atoms with Crippen molar-refractivity contribution in [2.75, 3.05) is 37.6 Å². The zero-order chi connectivity index (χ0) is 26.4. The molecular weight excluding hydrogens is 526 g/mol. The van der Waals surface area contributed by atoms with Crippen LogP contribution in [0.4, 0.5) is 10.2 Å². The number of pyridine rings is 2. The lowest BCUT2D eigenvalue weighted by Gasteiger charge is -2.50. The van der Waals surface area contributed by atoms with Crippen molar-refractivity contribution in [3.05, 3.63) is 64.3 Å². The van der Waals surface area contributed by atoms with Gasteiger partial charge in [-0.15, -0.1) is 0 Å². The van der Waals surface area contributed by atoms with E-state index in [9.17, 15) is 0 Å². The fraction of sp³-hybridized carbons (Fsp3) is 0.393. The Labute approximate surface area is 230 Å². The Kier molecular flexibility index (Phi) is 6.66. The van der Waals surface area contributed by atoms with Crippen LogP contribution in [0.2, 0.25) is 10.0 Å². The van der Waals surface area contributed by atoms with Gasteiger partial charge in [-0.3, -0.25) is 10.1 Å². The number of aromatic amines is 1. The molecule has 3 aromatic heterocycles. The minimum atomic E-state index is -0.406. The number of hydrogen-bond donors (Lipinski definition) is 1. The van der Waals surface area contributed by atoms with Crippen LogP contribution in [-0.4, -0.2) is 57.8 Å². The number of ether oxygens (including phenoxy) is 1. The molecule has 2 aliphatic rings. The van der Waals surface area contributed by atoms with Crippen LogP contribution < -0.4 is 9.64 Å². The van der Waals surface area contributed by atoms with Gasteiger partial charge in [0.1, 0.15) is 17.5 Å². The normalized spacial score (nSPS) is 18.1. The minimum Gasteiger partial charge on any atom is -0.486 e. The van der Waals surface area contributed by atoms with E-state index in [2.05, 4.69) is 32.0 Å². The van der Waals surface area contributed by atoms with Crippen LogP contribution in [0, 0.1) is 11.2 Å². The number of anilines is 1. The van der Waals surface area contributed by atoms with E-state index in [1.807, 2.05) is 30.0 Å². The van der Waals surface area contributed by atoms with Crippen molar-refractivity contribution in [1.82, 2.24) is 25.1 Å². The molecule has 5 heterocycles. The third-order valence-corrected chi connectivity index (χ3v) is 8.09. The Hall–Kier alpha value is -2.94. The molecule has 1 aromatic carbocycles. The first kappa shape index (κ1) is 25.3. The summed E-state index contributed by atoms with van der Waals surface area (Å²) >= 11 is 12.6. The third-order valence-electron chi connectivity index (χ3n) is 7.49. The smallest absolute Gasteiger partial charge is 0.166 e. The summed E-state index contributed by atoms with van der Waals surface area (Å²) in [5.41, 5.74) is 2.86. The molecule has 2 fully saturated rings. The van der Waals surface area contributed by atoms with Gasteiger partial charge in [0.25, 0.3) is 0 Å². The number of nitrogens with zero attached hydrogens (tertiary/aromatic N) is 5. The molecule has 0 amide bonds. The summed E-state index contributed by atoms with van der Waals surface area (Å²) in [6, 6.07) is 7.11. The van der Waals surface area contributed by atoms with Crippen LogP contribution in [0.3, 0.4) is 0 Å². The molecule has 1 N–H and O–H groups in total. The molecule has 38 heavy (non-hydrogen) atoms. The highest BCUT2D eigenvalue weighted by Crippen LogP contribution is 2.38. The summed E-state index contributed by atoms with van der Waals surface area (Å²) in [5, 5.41) is 9.15. The Balaban J connectivity index is 1.20. The predicted molar refractivity (Wildman–Crippen MR) is 149 cm³/mol. The van der Waals surface area contributed by atoms with Gasteiger partial charge in [0.15, 0.2) is 11.6 Å². The first-order valence-electron chi connectivity index (χ1n) is 12.9. The van der Waals surface area contributed by atoms with Crippen LogP contribution >= 0.6 is 23.2 Å². The van der Waals surface area contributed by atoms with Crippen LogP contribution in [0.25, 0.3) is 22.2 Å². The number of fused-ring (bicyclic) bond motifs is 1. The largest absolute Gasteiger partial charge is 0.486 e. The topological polar surface area (TPSA) is 70.2 Å². The first-order valence-corrected chi connectivity index (χ1v) is 13.6. The molecular formula is C28H29Cl2FN6O. The fourth-order valence-electron chi connectivity index (χ4n) is 5.76. The van der Waals surface area contributed by atoms with Gasteiger partial charge < -0.3 is 14.5 Å². The highest BCUT2D eigenvalue weighted by atomic mass is 35.5. The lowest BCUT2D eigenvalue weighted by Crippen LogP contribution is -2.59. The maximum atomic E-state index is 15.3. The van der Waals surface area contributed by atoms with Gasteiger partial charge in [-0.1, -0.05) is 30.1 Å². The molecule has 0 radical (unpaired) electrons. The van der Waals surface area contributed by atoms with Crippen molar-refractivity contribution in [2.24, 2.45) is 5.41 Å². The SMILES string of the molecule is C[C@@H](Oc1ccc2[nH]nc(-c3cnc(N4CC(C)(CN5CCCC5)C4)c(F)c3)c2c1)c1c(Cl)cncc1Cl. The zero-order valence-corrected chi connectivity index (χ0v) is 22.9. The van der Waals surface area contributed by atoms with Crippen molar-refractivity contribution in [2.45, 2.75) is 32.8 Å². The second-order valence-electron chi connectivity index (χ2n) is 10.7. The summed E-state index contributed by atoms with van der Waals surface area (Å²) in [7, 11) is 0. The molecule has 0 saturated carbocycles. The predicted octanol–water partition coefficient (Wildman–Crippen LogP) is 6.53. The molecule has 2 aliphatic heterocycles. The Bertz CT molecular complexity index is 1460. The van der Waals surface area contributed by atoms with Gasteiger partial charge in [-0.25, -0.2) is 9.37 Å². The average Bonchev–Trinajstić information content (AvgIpc) is 3.52. The first-order chi connectivity index (χ1) is 18.3. The number of aromatic nitrogens is 4. The second kappa shape index (κ2) is 9.98. The van der Waals surface area contributed by atoms with Crippen LogP contribution in [0.5, 0.6) is 5.75 Å². The van der Waals surface area contributed by atoms with Gasteiger partial charge >= 0.3 is 0 Å². The Morgan fingerprint density at radius 1 is 1.11 bits per heavy atom. The lowest BCUT2D eigenvalue weighted by molar-refractivity contribution is 0.150. The second-order valence-corrected chi connectivity index (χ2v) is 11.6. The highest BCUT2D eigenvalue weighted by molar-refractivity contribution is 6.35. The number of likely N-dealkylation sites (tertiary alicyclic amines) is 1. The molecule has 0 spiro atoms. The van der Waals surface area contributed by atoms with Crippen LogP contribution in [0.1, 0.15) is 38.4 Å². The fourth-order valence-corrected chi connectivity index (χ4v) is 6.43. The number of rotatable bonds is 7. The van der Waals surface area contributed by atoms with Crippen molar-refractivity contribution >= 4 is 39.9 Å². The Morgan fingerprint density at radius 2 is 1.84 bits per heavy atom. The van der Waals surface area contributed by atoms with E-state index >= 15 is 4.39 Å². The van der Waals surface area contributed by atoms with Crippen LogP contribution in [-0.2, 0) is 0 Å². The molecule has 2 saturated heterocycles. The molecule has 0 bridgehead atoms. The lowest BCUT2D eigenvalue weighted by atomic mass is 9.81. The van der Waals surface area contributed by atoms with Crippen molar-refractivity contribution in [3.8, 4) is 17.0 Å². The average molecular weight is 555 g/mol. The summed E-state index contributed by atoms with van der Waals surface area (Å²) in [5.74, 6) is 0.667. The van der Waals surface area contributed by atoms with Crippen molar-refractivity contribution < 1.29 is 9.13 Å². The van der Waals surface area contributed by atoms with E-state index in [0.29, 0.717) is 38.4 Å². The van der Waals surface area contributed by atoms with Gasteiger partial charge in [-0.05, 0) is 57.1 Å². The number of hydrogen-bond acceptors (Lipinski definition) is 6. The quantitative estimate of drug-likeness (QED) is 0.280. The van der Waals surface area contributed by atoms with Crippen molar-refractivity contribution in [3.63, 3.8) is 0 Å². The van der Waals surface area contributed by atoms with Crippen molar-refractivity contribution in [1.29, 1.82) is 0 Å². The molecule has 6 rings (SSSR count). The van der Waals surface area contributed by atoms with Gasteiger partial charge in [0.05, 0.1) is 15.6 Å². The number of halogens is 3. The summed E-state index contributed by atoms with van der Waals surface area (Å²) < 4.78 is 21.4. The van der Waals surface area contributed by atoms with E-state index in [4.69, 9.17) is 27.9 Å². The maximum Gasteiger partial charge on any atom is 0.166 e. The number of H-pyrrole nitrogens is 1. The van der Waals surface area contributed by atoms with E-state index in [1.54, 1.807) is 18.6 Å². The van der Waals surface area contributed by atoms with Gasteiger partial charge in [0, 0.05) is 60.2 Å². The Morgan fingerprint density at radius 3 is 2.55 bits per heavy atom. The molecule has 0 unspecified atom stereocenters. The third kappa shape index (κ3) is 4.81. The molecule has 10 heteroatoms. The molecule has 1 atom stereocenters. The zero-order valence-electron chi connectivity index (χ0n) is 21.3. The van der Waals surface area contributed by atoms with Gasteiger partial charge in [-0.2, -0.15) is 5.10 Å². The maximum absolute atomic E-state index is 15.3. The van der Waals surface area contributed by atoms with E-state index in [0.717, 1.165) is 30.5 Å². The van der Waals surface area contributed by atoms with Crippen LogP contribution in [0.15, 0.2) is 42.9 Å². The molecule has 7 nitrogen and oxygen atoms in total. The minimum absolute atomic E-state index is 0.174. The summed E-state index contributed by atoms with van der Waals surface area (Å²) in [6.07, 6.45) is 6.92. The molecule has 198 valence electrons. The standard InChI is InChI=1S/C28H29Cl2FN6O/c1-17(25-21(29)12-32-13-22(25)30)38-19-5-6-24-20(10-19)26(35-34-24)18-9-23(31)27(33-11-18)37-15-28(2,16-37)14-36-7-3-4-8-36/h5-6,9-13,17H,3-4,7-8,14-16H2,1-2H3,(H,34,35)/t17-/m1/s1. The number of nitrogens with one attached hydrogen (secondary N) is 1. The summed E-state index contributed by atoms with van der Waals surface area (Å²) in [4.78, 5) is 13.1. The van der Waals surface area contributed by atoms with E-state index < -0.39 is 6.10 Å². The summed E-state index contributed by atoms with van der Waals surface area (Å²) in [6.45, 7) is 9.17. The van der Waals surface area contributed by atoms with Gasteiger partial charge in [0.2, 0.25) is 0 Å². The highest BCUT2D eigenvalue weighted by Gasteiger charge is 2.41. The van der Waals surface area contributed by atoms with E-state index in [-0.39, 0.29) is 11.2 Å². The monoisotopic (exact) mass is 554 g/mol. The molecule has 0 aliphatic carbocycles. The molecule has 4 aromatic rings.